The minimum atomic E-state index is -3.28. The summed E-state index contributed by atoms with van der Waals surface area (Å²) >= 11 is 0. The molecule has 1 atom stereocenters. The molecule has 1 aliphatic rings. The fourth-order valence-electron chi connectivity index (χ4n) is 2.72. The number of hydrogen-bond donors (Lipinski definition) is 1. The zero-order valence-corrected chi connectivity index (χ0v) is 12.9. The van der Waals surface area contributed by atoms with Crippen LogP contribution in [0.3, 0.4) is 0 Å². The van der Waals surface area contributed by atoms with Gasteiger partial charge in [0, 0.05) is 19.1 Å². The van der Waals surface area contributed by atoms with Gasteiger partial charge in [-0.15, -0.1) is 0 Å². The summed E-state index contributed by atoms with van der Waals surface area (Å²) in [5, 5.41) is 0. The molecule has 1 aromatic carbocycles. The van der Waals surface area contributed by atoms with Crippen molar-refractivity contribution in [3.63, 3.8) is 0 Å². The van der Waals surface area contributed by atoms with E-state index in [1.165, 1.54) is 13.0 Å². The summed E-state index contributed by atoms with van der Waals surface area (Å²) in [6.07, 6.45) is 2.63. The van der Waals surface area contributed by atoms with Crippen molar-refractivity contribution >= 4 is 21.5 Å². The lowest BCUT2D eigenvalue weighted by Crippen LogP contribution is -2.47. The van der Waals surface area contributed by atoms with Crippen LogP contribution in [0, 0.1) is 5.82 Å². The van der Waals surface area contributed by atoms with Crippen molar-refractivity contribution in [1.82, 2.24) is 4.72 Å². The normalized spacial score (nSPS) is 19.6. The van der Waals surface area contributed by atoms with Crippen LogP contribution in [0.15, 0.2) is 18.2 Å². The van der Waals surface area contributed by atoms with Crippen LogP contribution in [0.25, 0.3) is 0 Å². The van der Waals surface area contributed by atoms with Gasteiger partial charge >= 0.3 is 0 Å². The predicted octanol–water partition coefficient (Wildman–Crippen LogP) is 1.55. The number of ketones is 1. The van der Waals surface area contributed by atoms with Gasteiger partial charge in [-0.25, -0.2) is 17.5 Å². The molecule has 1 fully saturated rings. The molecule has 0 amide bonds. The van der Waals surface area contributed by atoms with Crippen molar-refractivity contribution in [1.29, 1.82) is 0 Å². The number of hydrogen-bond acceptors (Lipinski definition) is 4. The molecular formula is C14H19FN2O3S. The quantitative estimate of drug-likeness (QED) is 0.856. The van der Waals surface area contributed by atoms with Gasteiger partial charge in [-0.05, 0) is 31.9 Å². The van der Waals surface area contributed by atoms with Gasteiger partial charge in [-0.2, -0.15) is 0 Å². The molecular weight excluding hydrogens is 295 g/mol. The molecule has 7 heteroatoms. The predicted molar refractivity (Wildman–Crippen MR) is 79.6 cm³/mol. The minimum absolute atomic E-state index is 0.0671. The summed E-state index contributed by atoms with van der Waals surface area (Å²) in [4.78, 5) is 13.5. The highest BCUT2D eigenvalue weighted by atomic mass is 32.2. The van der Waals surface area contributed by atoms with Gasteiger partial charge in [0.2, 0.25) is 10.0 Å². The van der Waals surface area contributed by atoms with E-state index in [0.717, 1.165) is 19.1 Å². The Morgan fingerprint density at radius 1 is 1.43 bits per heavy atom. The Kier molecular flexibility index (Phi) is 4.63. The molecule has 0 bridgehead atoms. The van der Waals surface area contributed by atoms with Crippen molar-refractivity contribution in [2.75, 3.05) is 24.2 Å². The van der Waals surface area contributed by atoms with Gasteiger partial charge in [0.1, 0.15) is 5.82 Å². The number of rotatable bonds is 4. The van der Waals surface area contributed by atoms with Crippen molar-refractivity contribution in [2.45, 2.75) is 25.8 Å². The van der Waals surface area contributed by atoms with Crippen LogP contribution in [0.4, 0.5) is 10.1 Å². The number of benzene rings is 1. The van der Waals surface area contributed by atoms with E-state index in [2.05, 4.69) is 4.72 Å². The fraction of sp³-hybridized carbons (Fsp3) is 0.500. The highest BCUT2D eigenvalue weighted by molar-refractivity contribution is 7.88. The first-order valence-corrected chi connectivity index (χ1v) is 8.69. The Hall–Kier alpha value is -1.47. The lowest BCUT2D eigenvalue weighted by atomic mass is 10.0. The molecule has 21 heavy (non-hydrogen) atoms. The number of Topliss-reactive ketones (excluding diaryl/α,β-unsaturated/α-hetero) is 1. The average molecular weight is 314 g/mol. The van der Waals surface area contributed by atoms with E-state index in [-0.39, 0.29) is 17.4 Å². The number of sulfonamides is 1. The van der Waals surface area contributed by atoms with E-state index < -0.39 is 15.8 Å². The Bertz CT molecular complexity index is 646. The van der Waals surface area contributed by atoms with Gasteiger partial charge < -0.3 is 4.90 Å². The number of nitrogens with zero attached hydrogens (tertiary/aromatic N) is 1. The molecule has 0 radical (unpaired) electrons. The van der Waals surface area contributed by atoms with E-state index >= 15 is 0 Å². The molecule has 1 heterocycles. The van der Waals surface area contributed by atoms with Gasteiger partial charge in [-0.3, -0.25) is 4.79 Å². The van der Waals surface area contributed by atoms with Crippen LogP contribution in [0.2, 0.25) is 0 Å². The second kappa shape index (κ2) is 6.11. The first-order chi connectivity index (χ1) is 9.78. The third kappa shape index (κ3) is 4.01. The summed E-state index contributed by atoms with van der Waals surface area (Å²) in [5.74, 6) is -0.875. The van der Waals surface area contributed by atoms with Crippen molar-refractivity contribution in [2.24, 2.45) is 0 Å². The topological polar surface area (TPSA) is 66.5 Å². The van der Waals surface area contributed by atoms with Crippen molar-refractivity contribution < 1.29 is 17.6 Å². The largest absolute Gasteiger partial charge is 0.369 e. The zero-order valence-electron chi connectivity index (χ0n) is 12.1. The lowest BCUT2D eigenvalue weighted by molar-refractivity contribution is 0.101. The van der Waals surface area contributed by atoms with Gasteiger partial charge in [0.25, 0.3) is 0 Å². The molecule has 0 aromatic heterocycles. The summed E-state index contributed by atoms with van der Waals surface area (Å²) in [7, 11) is -3.28. The molecule has 0 saturated carbocycles. The van der Waals surface area contributed by atoms with Crippen molar-refractivity contribution in [3.05, 3.63) is 29.6 Å². The average Bonchev–Trinajstić information content (AvgIpc) is 2.36. The second-order valence-corrected chi connectivity index (χ2v) is 7.15. The fourth-order valence-corrected chi connectivity index (χ4v) is 3.52. The first-order valence-electron chi connectivity index (χ1n) is 6.79. The first kappa shape index (κ1) is 15.9. The number of nitrogens with one attached hydrogen (secondary N) is 1. The van der Waals surface area contributed by atoms with Crippen LogP contribution < -0.4 is 9.62 Å². The van der Waals surface area contributed by atoms with Crippen LogP contribution in [-0.2, 0) is 10.0 Å². The van der Waals surface area contributed by atoms with E-state index in [0.29, 0.717) is 18.8 Å². The molecule has 5 nitrogen and oxygen atoms in total. The highest BCUT2D eigenvalue weighted by Gasteiger charge is 2.25. The van der Waals surface area contributed by atoms with Gasteiger partial charge in [0.05, 0.1) is 17.5 Å². The maximum atomic E-state index is 13.9. The summed E-state index contributed by atoms with van der Waals surface area (Å²) < 4.78 is 39.1. The second-order valence-electron chi connectivity index (χ2n) is 5.37. The third-order valence-electron chi connectivity index (χ3n) is 3.49. The Labute approximate surface area is 124 Å². The number of carbonyl (C=O) groups is 1. The van der Waals surface area contributed by atoms with Crippen LogP contribution in [0.1, 0.15) is 30.1 Å². The Morgan fingerprint density at radius 2 is 2.14 bits per heavy atom. The number of anilines is 1. The molecule has 0 spiro atoms. The smallest absolute Gasteiger partial charge is 0.209 e. The zero-order chi connectivity index (χ0) is 15.6. The van der Waals surface area contributed by atoms with E-state index in [1.54, 1.807) is 12.1 Å². The van der Waals surface area contributed by atoms with Crippen molar-refractivity contribution in [3.8, 4) is 0 Å². The van der Waals surface area contributed by atoms with Gasteiger partial charge in [-0.1, -0.05) is 6.07 Å². The monoisotopic (exact) mass is 314 g/mol. The lowest BCUT2D eigenvalue weighted by Gasteiger charge is -2.35. The summed E-state index contributed by atoms with van der Waals surface area (Å²) in [5.41, 5.74) is 0.597. The molecule has 0 unspecified atom stereocenters. The maximum absolute atomic E-state index is 13.9. The van der Waals surface area contributed by atoms with Gasteiger partial charge in [0.15, 0.2) is 5.78 Å². The van der Waals surface area contributed by atoms with E-state index in [4.69, 9.17) is 0 Å². The Morgan fingerprint density at radius 3 is 2.76 bits per heavy atom. The van der Waals surface area contributed by atoms with Crippen LogP contribution in [-0.4, -0.2) is 39.6 Å². The highest BCUT2D eigenvalue weighted by Crippen LogP contribution is 2.26. The summed E-state index contributed by atoms with van der Waals surface area (Å²) in [6.45, 7) is 2.43. The number of carbonyl (C=O) groups excluding carboxylic acids is 1. The molecule has 0 aliphatic carbocycles. The molecule has 1 N–H and O–H groups in total. The van der Waals surface area contributed by atoms with Crippen LogP contribution in [0.5, 0.6) is 0 Å². The molecule has 1 aromatic rings. The number of piperidine rings is 1. The summed E-state index contributed by atoms with van der Waals surface area (Å²) in [6, 6.07) is 4.29. The van der Waals surface area contributed by atoms with E-state index in [9.17, 15) is 17.6 Å². The molecule has 1 aliphatic heterocycles. The van der Waals surface area contributed by atoms with Crippen LogP contribution >= 0.6 is 0 Å². The minimum Gasteiger partial charge on any atom is -0.369 e. The van der Waals surface area contributed by atoms with E-state index in [1.807, 2.05) is 4.90 Å². The number of halogens is 1. The molecule has 116 valence electrons. The third-order valence-corrected chi connectivity index (χ3v) is 4.25. The maximum Gasteiger partial charge on any atom is 0.209 e. The SMILES string of the molecule is CC(=O)c1c(F)cccc1N1CCC[C@H](NS(C)(=O)=O)C1. The Balaban J connectivity index is 2.26. The standard InChI is InChI=1S/C14H19FN2O3S/c1-10(18)14-12(15)6-3-7-13(14)17-8-4-5-11(9-17)16-21(2,19)20/h3,6-7,11,16H,4-5,8-9H2,1-2H3/t11-/m0/s1. The molecule has 1 saturated heterocycles. The molecule has 2 rings (SSSR count).